The van der Waals surface area contributed by atoms with Gasteiger partial charge in [-0.1, -0.05) is 25.1 Å². The summed E-state index contributed by atoms with van der Waals surface area (Å²) in [5.74, 6) is -0.348. The lowest BCUT2D eigenvalue weighted by Crippen LogP contribution is -2.18. The molecule has 21 heavy (non-hydrogen) atoms. The molecule has 2 rings (SSSR count). The molecule has 1 aromatic heterocycles. The number of unbranched alkanes of at least 4 members (excludes halogenated alkanes) is 1. The molecule has 5 nitrogen and oxygen atoms in total. The van der Waals surface area contributed by atoms with Crippen molar-refractivity contribution in [2.75, 3.05) is 5.75 Å². The molecule has 1 aromatic carbocycles. The molecule has 0 unspecified atom stereocenters. The molecule has 0 bridgehead atoms. The van der Waals surface area contributed by atoms with Crippen molar-refractivity contribution in [1.82, 2.24) is 14.8 Å². The van der Waals surface area contributed by atoms with Gasteiger partial charge in [-0.3, -0.25) is 9.36 Å². The number of H-pyrrole nitrogens is 1. The standard InChI is InChI=1S/C14H16FN3O2S/c1-2-3-8-18-13(20)16-17-14(18)21-9-12(19)10-4-6-11(15)7-5-10/h4-7H,2-3,8-9H2,1H3,(H,16,20). The third-order valence-corrected chi connectivity index (χ3v) is 3.93. The van der Waals surface area contributed by atoms with E-state index in [0.717, 1.165) is 12.8 Å². The van der Waals surface area contributed by atoms with Crippen LogP contribution in [0.25, 0.3) is 0 Å². The second-order valence-corrected chi connectivity index (χ2v) is 5.48. The first-order valence-corrected chi connectivity index (χ1v) is 7.67. The van der Waals surface area contributed by atoms with Gasteiger partial charge in [0.15, 0.2) is 10.9 Å². The molecule has 112 valence electrons. The summed E-state index contributed by atoms with van der Waals surface area (Å²) in [6.07, 6.45) is 1.84. The van der Waals surface area contributed by atoms with Crippen LogP contribution in [0.4, 0.5) is 4.39 Å². The maximum Gasteiger partial charge on any atom is 0.343 e. The molecule has 0 amide bonds. The normalized spacial score (nSPS) is 10.8. The first kappa shape index (κ1) is 15.5. The minimum Gasteiger partial charge on any atom is -0.293 e. The molecule has 1 N–H and O–H groups in total. The van der Waals surface area contributed by atoms with Crippen LogP contribution in [0.1, 0.15) is 30.1 Å². The average Bonchev–Trinajstić information content (AvgIpc) is 2.83. The predicted octanol–water partition coefficient (Wildman–Crippen LogP) is 2.49. The lowest BCUT2D eigenvalue weighted by molar-refractivity contribution is 0.102. The molecule has 0 radical (unpaired) electrons. The van der Waals surface area contributed by atoms with E-state index in [4.69, 9.17) is 0 Å². The Bertz CT molecular complexity index is 664. The Labute approximate surface area is 125 Å². The van der Waals surface area contributed by atoms with E-state index >= 15 is 0 Å². The molecular formula is C14H16FN3O2S. The number of carbonyl (C=O) groups is 1. The summed E-state index contributed by atoms with van der Waals surface area (Å²) < 4.78 is 14.3. The SMILES string of the molecule is CCCCn1c(SCC(=O)c2ccc(F)cc2)n[nH]c1=O. The number of aromatic nitrogens is 3. The van der Waals surface area contributed by atoms with Crippen LogP contribution in [-0.2, 0) is 6.54 Å². The van der Waals surface area contributed by atoms with E-state index in [9.17, 15) is 14.0 Å². The van der Waals surface area contributed by atoms with E-state index in [1.807, 2.05) is 6.92 Å². The minimum atomic E-state index is -0.375. The van der Waals surface area contributed by atoms with Gasteiger partial charge >= 0.3 is 5.69 Å². The fraction of sp³-hybridized carbons (Fsp3) is 0.357. The van der Waals surface area contributed by atoms with Gasteiger partial charge in [-0.05, 0) is 30.7 Å². The molecule has 0 saturated carbocycles. The van der Waals surface area contributed by atoms with Gasteiger partial charge in [0.05, 0.1) is 5.75 Å². The number of nitrogens with one attached hydrogen (secondary N) is 1. The second kappa shape index (κ2) is 7.21. The molecular weight excluding hydrogens is 293 g/mol. The lowest BCUT2D eigenvalue weighted by atomic mass is 10.1. The van der Waals surface area contributed by atoms with Crippen molar-refractivity contribution in [1.29, 1.82) is 0 Å². The van der Waals surface area contributed by atoms with Gasteiger partial charge in [0, 0.05) is 12.1 Å². The number of carbonyl (C=O) groups excluding carboxylic acids is 1. The highest BCUT2D eigenvalue weighted by molar-refractivity contribution is 7.99. The number of hydrogen-bond donors (Lipinski definition) is 1. The van der Waals surface area contributed by atoms with E-state index < -0.39 is 0 Å². The highest BCUT2D eigenvalue weighted by Crippen LogP contribution is 2.16. The van der Waals surface area contributed by atoms with E-state index in [0.29, 0.717) is 17.3 Å². The van der Waals surface area contributed by atoms with Gasteiger partial charge in [0.25, 0.3) is 0 Å². The third-order valence-electron chi connectivity index (χ3n) is 2.96. The zero-order valence-electron chi connectivity index (χ0n) is 11.6. The van der Waals surface area contributed by atoms with Crippen molar-refractivity contribution >= 4 is 17.5 Å². The van der Waals surface area contributed by atoms with Crippen LogP contribution >= 0.6 is 11.8 Å². The van der Waals surface area contributed by atoms with Crippen LogP contribution in [0.2, 0.25) is 0 Å². The number of aromatic amines is 1. The number of rotatable bonds is 7. The van der Waals surface area contributed by atoms with E-state index in [1.165, 1.54) is 40.6 Å². The summed E-state index contributed by atoms with van der Waals surface area (Å²) in [7, 11) is 0. The van der Waals surface area contributed by atoms with Gasteiger partial charge in [-0.2, -0.15) is 0 Å². The number of hydrogen-bond acceptors (Lipinski definition) is 4. The van der Waals surface area contributed by atoms with Crippen LogP contribution in [0.3, 0.4) is 0 Å². The van der Waals surface area contributed by atoms with Crippen molar-refractivity contribution < 1.29 is 9.18 Å². The quantitative estimate of drug-likeness (QED) is 0.630. The summed E-state index contributed by atoms with van der Waals surface area (Å²) in [6.45, 7) is 2.62. The number of Topliss-reactive ketones (excluding diaryl/α,β-unsaturated/α-hetero) is 1. The average molecular weight is 309 g/mol. The molecule has 0 saturated heterocycles. The van der Waals surface area contributed by atoms with Crippen LogP contribution in [0.5, 0.6) is 0 Å². The zero-order valence-corrected chi connectivity index (χ0v) is 12.5. The molecule has 0 aliphatic rings. The number of benzene rings is 1. The molecule has 0 spiro atoms. The van der Waals surface area contributed by atoms with Crippen LogP contribution in [0.15, 0.2) is 34.2 Å². The number of nitrogens with zero attached hydrogens (tertiary/aromatic N) is 2. The first-order chi connectivity index (χ1) is 10.1. The molecule has 0 aliphatic heterocycles. The smallest absolute Gasteiger partial charge is 0.293 e. The van der Waals surface area contributed by atoms with E-state index in [2.05, 4.69) is 10.2 Å². The largest absolute Gasteiger partial charge is 0.343 e. The fourth-order valence-electron chi connectivity index (χ4n) is 1.78. The summed E-state index contributed by atoms with van der Waals surface area (Å²) in [4.78, 5) is 23.6. The highest BCUT2D eigenvalue weighted by Gasteiger charge is 2.12. The zero-order chi connectivity index (χ0) is 15.2. The molecule has 0 aliphatic carbocycles. The Morgan fingerprint density at radius 2 is 2.10 bits per heavy atom. The summed E-state index contributed by atoms with van der Waals surface area (Å²) in [5.41, 5.74) is 0.182. The summed E-state index contributed by atoms with van der Waals surface area (Å²) in [6, 6.07) is 5.41. The van der Waals surface area contributed by atoms with Gasteiger partial charge < -0.3 is 0 Å². The highest BCUT2D eigenvalue weighted by atomic mass is 32.2. The molecule has 2 aromatic rings. The second-order valence-electron chi connectivity index (χ2n) is 4.54. The number of thioether (sulfide) groups is 1. The number of halogens is 1. The number of ketones is 1. The fourth-order valence-corrected chi connectivity index (χ4v) is 2.64. The van der Waals surface area contributed by atoms with Crippen molar-refractivity contribution in [3.8, 4) is 0 Å². The Balaban J connectivity index is 2.01. The molecule has 0 atom stereocenters. The maximum atomic E-state index is 12.8. The third kappa shape index (κ3) is 4.04. The Hall–Kier alpha value is -1.89. The van der Waals surface area contributed by atoms with Gasteiger partial charge in [-0.15, -0.1) is 5.10 Å². The van der Waals surface area contributed by atoms with Crippen LogP contribution in [0, 0.1) is 5.82 Å². The Morgan fingerprint density at radius 1 is 1.38 bits per heavy atom. The topological polar surface area (TPSA) is 67.8 Å². The monoisotopic (exact) mass is 309 g/mol. The van der Waals surface area contributed by atoms with Crippen molar-refractivity contribution in [3.05, 3.63) is 46.1 Å². The molecule has 7 heteroatoms. The summed E-state index contributed by atoms with van der Waals surface area (Å²) >= 11 is 1.20. The lowest BCUT2D eigenvalue weighted by Gasteiger charge is -2.04. The molecule has 1 heterocycles. The van der Waals surface area contributed by atoms with E-state index in [1.54, 1.807) is 0 Å². The predicted molar refractivity (Wildman–Crippen MR) is 79.2 cm³/mol. The first-order valence-electron chi connectivity index (χ1n) is 6.68. The van der Waals surface area contributed by atoms with Crippen LogP contribution in [-0.4, -0.2) is 26.3 Å². The van der Waals surface area contributed by atoms with Crippen molar-refractivity contribution in [2.45, 2.75) is 31.5 Å². The van der Waals surface area contributed by atoms with E-state index in [-0.39, 0.29) is 23.0 Å². The van der Waals surface area contributed by atoms with Gasteiger partial charge in [-0.25, -0.2) is 14.3 Å². The Morgan fingerprint density at radius 3 is 2.76 bits per heavy atom. The van der Waals surface area contributed by atoms with Crippen molar-refractivity contribution in [3.63, 3.8) is 0 Å². The molecule has 0 fully saturated rings. The van der Waals surface area contributed by atoms with Crippen molar-refractivity contribution in [2.24, 2.45) is 0 Å². The Kier molecular flexibility index (Phi) is 5.32. The van der Waals surface area contributed by atoms with Gasteiger partial charge in [0.2, 0.25) is 0 Å². The van der Waals surface area contributed by atoms with Gasteiger partial charge in [0.1, 0.15) is 5.82 Å². The summed E-state index contributed by atoms with van der Waals surface area (Å²) in [5, 5.41) is 6.82. The minimum absolute atomic E-state index is 0.127. The van der Waals surface area contributed by atoms with Crippen LogP contribution < -0.4 is 5.69 Å². The maximum absolute atomic E-state index is 12.8.